The largest absolute Gasteiger partial charge is 0.326 e. The number of allylic oxidation sites excluding steroid dienone is 2. The van der Waals surface area contributed by atoms with Crippen molar-refractivity contribution in [2.24, 2.45) is 10.7 Å². The molecule has 16 heavy (non-hydrogen) atoms. The van der Waals surface area contributed by atoms with Crippen molar-refractivity contribution in [3.05, 3.63) is 45.3 Å². The molecule has 84 valence electrons. The lowest BCUT2D eigenvalue weighted by Crippen LogP contribution is -2.15. The Kier molecular flexibility index (Phi) is 3.64. The predicted molar refractivity (Wildman–Crippen MR) is 74.5 cm³/mol. The monoisotopic (exact) mass is 316 g/mol. The van der Waals surface area contributed by atoms with Crippen molar-refractivity contribution in [1.82, 2.24) is 0 Å². The molecule has 0 fully saturated rings. The van der Waals surface area contributed by atoms with Crippen molar-refractivity contribution in [2.75, 3.05) is 0 Å². The van der Waals surface area contributed by atoms with Crippen LogP contribution in [0.3, 0.4) is 0 Å². The molecule has 5 heteroatoms. The molecular formula is C11H10BrClN2S. The highest BCUT2D eigenvalue weighted by Crippen LogP contribution is 2.31. The smallest absolute Gasteiger partial charge is 0.0843 e. The van der Waals surface area contributed by atoms with E-state index >= 15 is 0 Å². The van der Waals surface area contributed by atoms with E-state index in [1.165, 1.54) is 0 Å². The normalized spacial score (nSPS) is 20.7. The standard InChI is InChI=1S/C11H10BrClN2S/c1-6-10(12)8(13)5-15-11(6)9-3-2-7(4-14)16-9/h2-3,5,10H,1,4,14H2. The van der Waals surface area contributed by atoms with E-state index in [1.54, 1.807) is 17.5 Å². The lowest BCUT2D eigenvalue weighted by Gasteiger charge is -2.17. The van der Waals surface area contributed by atoms with Gasteiger partial charge in [0.15, 0.2) is 0 Å². The van der Waals surface area contributed by atoms with Gasteiger partial charge in [0.2, 0.25) is 0 Å². The molecule has 0 spiro atoms. The third-order valence-corrected chi connectivity index (χ3v) is 5.01. The molecule has 0 bridgehead atoms. The maximum Gasteiger partial charge on any atom is 0.0843 e. The van der Waals surface area contributed by atoms with E-state index in [-0.39, 0.29) is 4.83 Å². The summed E-state index contributed by atoms with van der Waals surface area (Å²) in [5, 5.41) is 0.657. The highest BCUT2D eigenvalue weighted by atomic mass is 79.9. The van der Waals surface area contributed by atoms with Gasteiger partial charge in [0.1, 0.15) is 0 Å². The molecule has 0 aliphatic carbocycles. The van der Waals surface area contributed by atoms with Crippen molar-refractivity contribution < 1.29 is 0 Å². The summed E-state index contributed by atoms with van der Waals surface area (Å²) in [4.78, 5) is 6.50. The van der Waals surface area contributed by atoms with Crippen LogP contribution in [0.4, 0.5) is 0 Å². The van der Waals surface area contributed by atoms with E-state index in [0.717, 1.165) is 21.0 Å². The van der Waals surface area contributed by atoms with E-state index in [0.29, 0.717) is 11.6 Å². The molecule has 1 aromatic heterocycles. The molecule has 2 rings (SSSR count). The first-order chi connectivity index (χ1) is 7.63. The van der Waals surface area contributed by atoms with Gasteiger partial charge in [0, 0.05) is 17.6 Å². The molecule has 0 amide bonds. The average Bonchev–Trinajstić information content (AvgIpc) is 2.74. The molecular weight excluding hydrogens is 308 g/mol. The predicted octanol–water partition coefficient (Wildman–Crippen LogP) is 3.41. The fraction of sp³-hybridized carbons (Fsp3) is 0.182. The second-order valence-corrected chi connectivity index (χ2v) is 5.87. The van der Waals surface area contributed by atoms with E-state index in [4.69, 9.17) is 17.3 Å². The Morgan fingerprint density at radius 2 is 2.31 bits per heavy atom. The molecule has 2 heterocycles. The van der Waals surface area contributed by atoms with Crippen molar-refractivity contribution in [3.8, 4) is 0 Å². The van der Waals surface area contributed by atoms with Gasteiger partial charge >= 0.3 is 0 Å². The maximum atomic E-state index is 5.98. The van der Waals surface area contributed by atoms with E-state index in [9.17, 15) is 0 Å². The quantitative estimate of drug-likeness (QED) is 0.834. The number of hydrogen-bond donors (Lipinski definition) is 1. The zero-order valence-electron chi connectivity index (χ0n) is 8.41. The number of alkyl halides is 1. The second kappa shape index (κ2) is 4.84. The fourth-order valence-corrected chi connectivity index (χ4v) is 2.83. The third kappa shape index (κ3) is 2.15. The summed E-state index contributed by atoms with van der Waals surface area (Å²) >= 11 is 11.1. The van der Waals surface area contributed by atoms with Gasteiger partial charge in [-0.25, -0.2) is 0 Å². The summed E-state index contributed by atoms with van der Waals surface area (Å²) < 4.78 is 0. The Labute approximate surface area is 112 Å². The number of halogens is 2. The average molecular weight is 318 g/mol. The molecule has 0 saturated heterocycles. The van der Waals surface area contributed by atoms with Crippen LogP contribution < -0.4 is 5.73 Å². The SMILES string of the molecule is C=C1C(c2ccc(CN)s2)=NC=C(Cl)C1Br. The van der Waals surface area contributed by atoms with Crippen LogP contribution >= 0.6 is 38.9 Å². The lowest BCUT2D eigenvalue weighted by atomic mass is 10.1. The third-order valence-electron chi connectivity index (χ3n) is 2.27. The number of rotatable bonds is 2. The number of thiophene rings is 1. The molecule has 1 aliphatic heterocycles. The molecule has 2 N–H and O–H groups in total. The maximum absolute atomic E-state index is 5.98. The van der Waals surface area contributed by atoms with Gasteiger partial charge in [0.25, 0.3) is 0 Å². The number of hydrogen-bond acceptors (Lipinski definition) is 3. The molecule has 1 aliphatic rings. The Bertz CT molecular complexity index is 490. The summed E-state index contributed by atoms with van der Waals surface area (Å²) in [7, 11) is 0. The van der Waals surface area contributed by atoms with E-state index < -0.39 is 0 Å². The van der Waals surface area contributed by atoms with Crippen LogP contribution in [0.15, 0.2) is 40.5 Å². The summed E-state index contributed by atoms with van der Waals surface area (Å²) in [6.07, 6.45) is 1.66. The second-order valence-electron chi connectivity index (χ2n) is 3.35. The lowest BCUT2D eigenvalue weighted by molar-refractivity contribution is 1.11. The number of nitrogens with two attached hydrogens (primary N) is 1. The van der Waals surface area contributed by atoms with Gasteiger partial charge in [-0.2, -0.15) is 0 Å². The molecule has 2 nitrogen and oxygen atoms in total. The van der Waals surface area contributed by atoms with Crippen LogP contribution in [0.5, 0.6) is 0 Å². The van der Waals surface area contributed by atoms with E-state index in [1.807, 2.05) is 12.1 Å². The zero-order chi connectivity index (χ0) is 11.7. The van der Waals surface area contributed by atoms with Crippen LogP contribution in [0.2, 0.25) is 0 Å². The van der Waals surface area contributed by atoms with Crippen LogP contribution in [0.25, 0.3) is 0 Å². The number of nitrogens with zero attached hydrogens (tertiary/aromatic N) is 1. The summed E-state index contributed by atoms with van der Waals surface area (Å²) in [5.74, 6) is 0. The van der Waals surface area contributed by atoms with Gasteiger partial charge in [-0.3, -0.25) is 4.99 Å². The van der Waals surface area contributed by atoms with Crippen LogP contribution in [-0.2, 0) is 6.54 Å². The zero-order valence-corrected chi connectivity index (χ0v) is 11.6. The topological polar surface area (TPSA) is 38.4 Å². The van der Waals surface area contributed by atoms with Gasteiger partial charge in [0.05, 0.1) is 20.4 Å². The van der Waals surface area contributed by atoms with Crippen molar-refractivity contribution in [2.45, 2.75) is 11.4 Å². The Hall–Kier alpha value is -0.420. The fourth-order valence-electron chi connectivity index (χ4n) is 1.40. The van der Waals surface area contributed by atoms with Gasteiger partial charge in [-0.15, -0.1) is 11.3 Å². The highest BCUT2D eigenvalue weighted by molar-refractivity contribution is 9.09. The van der Waals surface area contributed by atoms with Gasteiger partial charge in [-0.1, -0.05) is 34.1 Å². The summed E-state index contributed by atoms with van der Waals surface area (Å²) in [6, 6.07) is 4.03. The number of aliphatic imine (C=N–C) groups is 1. The molecule has 0 radical (unpaired) electrons. The van der Waals surface area contributed by atoms with Crippen molar-refractivity contribution in [1.29, 1.82) is 0 Å². The Morgan fingerprint density at radius 1 is 1.56 bits per heavy atom. The van der Waals surface area contributed by atoms with Crippen LogP contribution in [-0.4, -0.2) is 10.5 Å². The highest BCUT2D eigenvalue weighted by Gasteiger charge is 2.22. The van der Waals surface area contributed by atoms with Gasteiger partial charge < -0.3 is 5.73 Å². The van der Waals surface area contributed by atoms with Crippen LogP contribution in [0, 0.1) is 0 Å². The Morgan fingerprint density at radius 3 is 2.94 bits per heavy atom. The molecule has 1 unspecified atom stereocenters. The summed E-state index contributed by atoms with van der Waals surface area (Å²) in [6.45, 7) is 4.57. The summed E-state index contributed by atoms with van der Waals surface area (Å²) in [5.41, 5.74) is 7.35. The molecule has 1 aromatic rings. The van der Waals surface area contributed by atoms with Crippen LogP contribution in [0.1, 0.15) is 9.75 Å². The van der Waals surface area contributed by atoms with Crippen molar-refractivity contribution >= 4 is 44.6 Å². The van der Waals surface area contributed by atoms with Crippen molar-refractivity contribution in [3.63, 3.8) is 0 Å². The minimum absolute atomic E-state index is 0.0370. The minimum atomic E-state index is -0.0370. The molecule has 0 saturated carbocycles. The molecule has 1 atom stereocenters. The first-order valence-electron chi connectivity index (χ1n) is 4.69. The van der Waals surface area contributed by atoms with E-state index in [2.05, 4.69) is 27.5 Å². The van der Waals surface area contributed by atoms with Gasteiger partial charge in [-0.05, 0) is 17.7 Å². The first-order valence-corrected chi connectivity index (χ1v) is 6.80. The first kappa shape index (κ1) is 12.0. The Balaban J connectivity index is 2.38. The minimum Gasteiger partial charge on any atom is -0.326 e. The molecule has 0 aromatic carbocycles.